The minimum Gasteiger partial charge on any atom is -0.495 e. The van der Waals surface area contributed by atoms with Crippen LogP contribution < -0.4 is 15.8 Å². The number of hydrogen-bond acceptors (Lipinski definition) is 4. The maximum absolute atomic E-state index is 11.7. The number of thioether (sulfide) groups is 1. The van der Waals surface area contributed by atoms with Crippen LogP contribution in [0.3, 0.4) is 0 Å². The number of methoxy groups -OCH3 is 1. The maximum Gasteiger partial charge on any atom is 0.225 e. The molecule has 19 heavy (non-hydrogen) atoms. The number of anilines is 2. The highest BCUT2D eigenvalue weighted by molar-refractivity contribution is 7.99. The van der Waals surface area contributed by atoms with Crippen LogP contribution in [0.25, 0.3) is 0 Å². The Balaban J connectivity index is 2.34. The summed E-state index contributed by atoms with van der Waals surface area (Å²) in [6, 6.07) is 5.25. The maximum atomic E-state index is 11.7. The summed E-state index contributed by atoms with van der Waals surface area (Å²) in [7, 11) is 1.57. The van der Waals surface area contributed by atoms with Crippen molar-refractivity contribution in [3.8, 4) is 5.75 Å². The zero-order valence-electron chi connectivity index (χ0n) is 11.6. The second-order valence-corrected chi connectivity index (χ2v) is 5.45. The number of carbonyl (C=O) groups excluding carboxylic acids is 1. The van der Waals surface area contributed by atoms with Gasteiger partial charge in [-0.05, 0) is 30.4 Å². The first kappa shape index (κ1) is 15.7. The average Bonchev–Trinajstić information content (AvgIpc) is 2.39. The number of amides is 1. The Morgan fingerprint density at radius 1 is 1.42 bits per heavy atom. The molecule has 0 aliphatic heterocycles. The second-order valence-electron chi connectivity index (χ2n) is 4.22. The van der Waals surface area contributed by atoms with E-state index in [9.17, 15) is 4.79 Å². The summed E-state index contributed by atoms with van der Waals surface area (Å²) in [5, 5.41) is 2.84. The number of hydrogen-bond donors (Lipinski definition) is 2. The van der Waals surface area contributed by atoms with Crippen LogP contribution >= 0.6 is 11.8 Å². The SMILES string of the molecule is CCCCSCCC(=O)Nc1ccc(OC)c(N)c1. The van der Waals surface area contributed by atoms with Crippen molar-refractivity contribution in [2.75, 3.05) is 29.7 Å². The molecular weight excluding hydrogens is 260 g/mol. The third-order valence-corrected chi connectivity index (χ3v) is 3.70. The monoisotopic (exact) mass is 282 g/mol. The van der Waals surface area contributed by atoms with Gasteiger partial charge in [-0.3, -0.25) is 4.79 Å². The van der Waals surface area contributed by atoms with Gasteiger partial charge in [-0.1, -0.05) is 13.3 Å². The molecule has 0 aliphatic carbocycles. The summed E-state index contributed by atoms with van der Waals surface area (Å²) in [5.74, 6) is 2.62. The first-order valence-corrected chi connectivity index (χ1v) is 7.64. The molecule has 0 fully saturated rings. The fraction of sp³-hybridized carbons (Fsp3) is 0.500. The predicted molar refractivity (Wildman–Crippen MR) is 82.9 cm³/mol. The quantitative estimate of drug-likeness (QED) is 0.568. The number of nitrogen functional groups attached to an aromatic ring is 1. The van der Waals surface area contributed by atoms with Crippen LogP contribution in [-0.4, -0.2) is 24.5 Å². The van der Waals surface area contributed by atoms with Crippen molar-refractivity contribution >= 4 is 29.0 Å². The molecule has 3 N–H and O–H groups in total. The van der Waals surface area contributed by atoms with E-state index in [1.165, 1.54) is 12.8 Å². The molecule has 0 saturated heterocycles. The molecule has 0 atom stereocenters. The van der Waals surface area contributed by atoms with Crippen molar-refractivity contribution in [3.05, 3.63) is 18.2 Å². The lowest BCUT2D eigenvalue weighted by atomic mass is 10.2. The van der Waals surface area contributed by atoms with Gasteiger partial charge in [-0.25, -0.2) is 0 Å². The normalized spacial score (nSPS) is 10.2. The molecule has 0 saturated carbocycles. The zero-order valence-corrected chi connectivity index (χ0v) is 12.4. The minimum absolute atomic E-state index is 0.0218. The number of benzene rings is 1. The Morgan fingerprint density at radius 2 is 2.21 bits per heavy atom. The molecular formula is C14H22N2O2S. The topological polar surface area (TPSA) is 64.3 Å². The van der Waals surface area contributed by atoms with E-state index in [1.807, 2.05) is 11.8 Å². The summed E-state index contributed by atoms with van der Waals surface area (Å²) in [5.41, 5.74) is 7.02. The molecule has 1 aromatic carbocycles. The van der Waals surface area contributed by atoms with Crippen molar-refractivity contribution in [1.29, 1.82) is 0 Å². The summed E-state index contributed by atoms with van der Waals surface area (Å²) in [4.78, 5) is 11.7. The predicted octanol–water partition coefficient (Wildman–Crippen LogP) is 3.14. The summed E-state index contributed by atoms with van der Waals surface area (Å²) in [6.45, 7) is 2.17. The fourth-order valence-electron chi connectivity index (χ4n) is 1.55. The Bertz CT molecular complexity index is 410. The van der Waals surface area contributed by atoms with E-state index in [-0.39, 0.29) is 5.91 Å². The van der Waals surface area contributed by atoms with Crippen LogP contribution in [-0.2, 0) is 4.79 Å². The Labute approximate surface area is 119 Å². The Morgan fingerprint density at radius 3 is 2.84 bits per heavy atom. The number of nitrogens with one attached hydrogen (secondary N) is 1. The van der Waals surface area contributed by atoms with Gasteiger partial charge in [-0.15, -0.1) is 0 Å². The number of nitrogens with two attached hydrogens (primary N) is 1. The van der Waals surface area contributed by atoms with Crippen molar-refractivity contribution in [2.24, 2.45) is 0 Å². The average molecular weight is 282 g/mol. The van der Waals surface area contributed by atoms with Crippen molar-refractivity contribution in [2.45, 2.75) is 26.2 Å². The van der Waals surface area contributed by atoms with Gasteiger partial charge >= 0.3 is 0 Å². The summed E-state index contributed by atoms with van der Waals surface area (Å²) < 4.78 is 5.07. The number of ether oxygens (including phenoxy) is 1. The summed E-state index contributed by atoms with van der Waals surface area (Å²) >= 11 is 1.82. The highest BCUT2D eigenvalue weighted by Crippen LogP contribution is 2.24. The third-order valence-electron chi connectivity index (χ3n) is 2.63. The molecule has 0 spiro atoms. The molecule has 1 aromatic rings. The van der Waals surface area contributed by atoms with Gasteiger partial charge in [0.15, 0.2) is 0 Å². The van der Waals surface area contributed by atoms with Gasteiger partial charge in [-0.2, -0.15) is 11.8 Å². The first-order chi connectivity index (χ1) is 9.17. The smallest absolute Gasteiger partial charge is 0.225 e. The summed E-state index contributed by atoms with van der Waals surface area (Å²) in [6.07, 6.45) is 2.94. The molecule has 0 radical (unpaired) electrons. The molecule has 0 bridgehead atoms. The van der Waals surface area contributed by atoms with Crippen LogP contribution in [0.2, 0.25) is 0 Å². The molecule has 0 unspecified atom stereocenters. The standard InChI is InChI=1S/C14H22N2O2S/c1-3-4-8-19-9-7-14(17)16-11-5-6-13(18-2)12(15)10-11/h5-6,10H,3-4,7-9,15H2,1-2H3,(H,16,17). The van der Waals surface area contributed by atoms with Gasteiger partial charge in [0, 0.05) is 17.9 Å². The molecule has 0 heterocycles. The molecule has 0 aliphatic rings. The van der Waals surface area contributed by atoms with Crippen LogP contribution in [0.15, 0.2) is 18.2 Å². The minimum atomic E-state index is 0.0218. The van der Waals surface area contributed by atoms with E-state index in [0.29, 0.717) is 23.5 Å². The number of rotatable bonds is 8. The van der Waals surface area contributed by atoms with Gasteiger partial charge in [0.25, 0.3) is 0 Å². The fourth-order valence-corrected chi connectivity index (χ4v) is 2.58. The highest BCUT2D eigenvalue weighted by atomic mass is 32.2. The lowest BCUT2D eigenvalue weighted by Crippen LogP contribution is -2.12. The van der Waals surface area contributed by atoms with E-state index in [0.717, 1.165) is 11.5 Å². The van der Waals surface area contributed by atoms with Crippen LogP contribution in [0, 0.1) is 0 Å². The van der Waals surface area contributed by atoms with Crippen LogP contribution in [0.5, 0.6) is 5.75 Å². The van der Waals surface area contributed by atoms with Crippen molar-refractivity contribution in [3.63, 3.8) is 0 Å². The van der Waals surface area contributed by atoms with Crippen LogP contribution in [0.1, 0.15) is 26.2 Å². The Kier molecular flexibility index (Phi) is 7.18. The Hall–Kier alpha value is -1.36. The number of carbonyl (C=O) groups is 1. The van der Waals surface area contributed by atoms with Gasteiger partial charge in [0.1, 0.15) is 5.75 Å². The van der Waals surface area contributed by atoms with Crippen molar-refractivity contribution in [1.82, 2.24) is 0 Å². The van der Waals surface area contributed by atoms with Gasteiger partial charge in [0.05, 0.1) is 12.8 Å². The highest BCUT2D eigenvalue weighted by Gasteiger charge is 2.05. The van der Waals surface area contributed by atoms with Gasteiger partial charge < -0.3 is 15.8 Å². The lowest BCUT2D eigenvalue weighted by Gasteiger charge is -2.08. The molecule has 5 heteroatoms. The molecule has 106 valence electrons. The largest absolute Gasteiger partial charge is 0.495 e. The molecule has 1 rings (SSSR count). The molecule has 1 amide bonds. The van der Waals surface area contributed by atoms with Crippen LogP contribution in [0.4, 0.5) is 11.4 Å². The van der Waals surface area contributed by atoms with E-state index < -0.39 is 0 Å². The van der Waals surface area contributed by atoms with E-state index in [2.05, 4.69) is 12.2 Å². The number of unbranched alkanes of at least 4 members (excludes halogenated alkanes) is 1. The zero-order chi connectivity index (χ0) is 14.1. The molecule has 4 nitrogen and oxygen atoms in total. The lowest BCUT2D eigenvalue weighted by molar-refractivity contribution is -0.115. The van der Waals surface area contributed by atoms with Gasteiger partial charge in [0.2, 0.25) is 5.91 Å². The first-order valence-electron chi connectivity index (χ1n) is 6.48. The third kappa shape index (κ3) is 5.87. The van der Waals surface area contributed by atoms with Crippen molar-refractivity contribution < 1.29 is 9.53 Å². The van der Waals surface area contributed by atoms with E-state index in [1.54, 1.807) is 25.3 Å². The second kappa shape index (κ2) is 8.69. The molecule has 0 aromatic heterocycles. The van der Waals surface area contributed by atoms with E-state index in [4.69, 9.17) is 10.5 Å². The van der Waals surface area contributed by atoms with E-state index >= 15 is 0 Å².